The van der Waals surface area contributed by atoms with Crippen molar-refractivity contribution in [2.45, 2.75) is 465 Å². The molecule has 0 amide bonds. The van der Waals surface area contributed by atoms with Gasteiger partial charge in [0.2, 0.25) is 0 Å². The second-order valence-electron chi connectivity index (χ2n) is 32.6. The Kier molecular flexibility index (Phi) is 73.4. The molecule has 624 valence electrons. The van der Waals surface area contributed by atoms with Gasteiger partial charge < -0.3 is 33.8 Å². The molecule has 17 nitrogen and oxygen atoms in total. The summed E-state index contributed by atoms with van der Waals surface area (Å²) in [5, 5.41) is 10.7. The van der Waals surface area contributed by atoms with E-state index in [1.807, 2.05) is 0 Å². The number of aliphatic hydroxyl groups is 1. The second kappa shape index (κ2) is 74.8. The third kappa shape index (κ3) is 78.5. The van der Waals surface area contributed by atoms with Crippen LogP contribution < -0.4 is 0 Å². The number of phosphoric acid groups is 2. The van der Waals surface area contributed by atoms with Crippen LogP contribution in [0.4, 0.5) is 0 Å². The van der Waals surface area contributed by atoms with E-state index in [9.17, 15) is 43.2 Å². The number of hydrogen-bond acceptors (Lipinski definition) is 15. The van der Waals surface area contributed by atoms with Crippen molar-refractivity contribution in [2.24, 2.45) is 23.7 Å². The van der Waals surface area contributed by atoms with Gasteiger partial charge in [-0.25, -0.2) is 9.13 Å². The van der Waals surface area contributed by atoms with Gasteiger partial charge in [-0.15, -0.1) is 0 Å². The summed E-state index contributed by atoms with van der Waals surface area (Å²) in [6, 6.07) is 0. The van der Waals surface area contributed by atoms with Gasteiger partial charge in [-0.2, -0.15) is 0 Å². The first-order valence-electron chi connectivity index (χ1n) is 44.2. The van der Waals surface area contributed by atoms with Gasteiger partial charge in [0.1, 0.15) is 19.3 Å². The molecule has 3 N–H and O–H groups in total. The molecule has 0 aromatic carbocycles. The number of rotatable bonds is 83. The lowest BCUT2D eigenvalue weighted by atomic mass is 9.99. The molecule has 0 rings (SSSR count). The molecule has 105 heavy (non-hydrogen) atoms. The van der Waals surface area contributed by atoms with E-state index in [-0.39, 0.29) is 25.7 Å². The van der Waals surface area contributed by atoms with Gasteiger partial charge in [0.25, 0.3) is 0 Å². The van der Waals surface area contributed by atoms with E-state index in [2.05, 4.69) is 55.4 Å². The number of phosphoric ester groups is 2. The van der Waals surface area contributed by atoms with Crippen LogP contribution in [0.1, 0.15) is 447 Å². The Morgan fingerprint density at radius 1 is 0.267 bits per heavy atom. The summed E-state index contributed by atoms with van der Waals surface area (Å²) in [5.41, 5.74) is 0. The van der Waals surface area contributed by atoms with E-state index in [0.29, 0.717) is 25.7 Å². The van der Waals surface area contributed by atoms with E-state index in [1.165, 1.54) is 250 Å². The second-order valence-corrected chi connectivity index (χ2v) is 35.5. The standard InChI is InChI=1S/C86H168O17P2/c1-9-79(8)65-57-49-41-32-28-29-35-45-53-61-69-86(91)103-82(73-97-84(89)67-59-51-43-37-36-40-48-56-64-78(6)7)75-101-105(94,95)99-71-80(87)70-98-104(92,93)100-74-81(72-96-83(88)66-58-50-42-33-26-22-18-15-14-17-21-25-31-39-47-55-63-77(4)5)102-85(90)68-60-52-44-34-27-23-19-13-11-10-12-16-20-24-30-38-46-54-62-76(2)3/h76-82,87H,9-75H2,1-8H3,(H,92,93)(H,94,95)/t79?,80-,81-,82-/m1/s1. The highest BCUT2D eigenvalue weighted by molar-refractivity contribution is 7.47. The summed E-state index contributed by atoms with van der Waals surface area (Å²) in [6.45, 7) is 14.3. The van der Waals surface area contributed by atoms with Crippen LogP contribution >= 0.6 is 15.6 Å². The van der Waals surface area contributed by atoms with Gasteiger partial charge in [0.15, 0.2) is 12.2 Å². The van der Waals surface area contributed by atoms with Crippen molar-refractivity contribution in [3.8, 4) is 0 Å². The van der Waals surface area contributed by atoms with Gasteiger partial charge in [0.05, 0.1) is 26.4 Å². The smallest absolute Gasteiger partial charge is 0.462 e. The Bertz CT molecular complexity index is 2040. The van der Waals surface area contributed by atoms with E-state index in [4.69, 9.17) is 37.0 Å². The minimum atomic E-state index is -4.97. The topological polar surface area (TPSA) is 237 Å². The van der Waals surface area contributed by atoms with Gasteiger partial charge in [0, 0.05) is 25.7 Å². The van der Waals surface area contributed by atoms with Crippen molar-refractivity contribution in [3.05, 3.63) is 0 Å². The fourth-order valence-corrected chi connectivity index (χ4v) is 14.9. The lowest BCUT2D eigenvalue weighted by molar-refractivity contribution is -0.161. The van der Waals surface area contributed by atoms with E-state index < -0.39 is 97.5 Å². The Morgan fingerprint density at radius 2 is 0.457 bits per heavy atom. The number of hydrogen-bond donors (Lipinski definition) is 3. The minimum absolute atomic E-state index is 0.106. The van der Waals surface area contributed by atoms with Crippen molar-refractivity contribution in [1.82, 2.24) is 0 Å². The van der Waals surface area contributed by atoms with Crippen LogP contribution in [-0.2, 0) is 65.4 Å². The Balaban J connectivity index is 5.24. The number of ether oxygens (including phenoxy) is 4. The van der Waals surface area contributed by atoms with Crippen LogP contribution in [-0.4, -0.2) is 96.7 Å². The molecular weight excluding hydrogens is 1370 g/mol. The molecule has 0 heterocycles. The lowest BCUT2D eigenvalue weighted by Gasteiger charge is -2.21. The average molecular weight is 1540 g/mol. The van der Waals surface area contributed by atoms with Crippen molar-refractivity contribution in [1.29, 1.82) is 0 Å². The first kappa shape index (κ1) is 103. The lowest BCUT2D eigenvalue weighted by Crippen LogP contribution is -2.30. The SMILES string of the molecule is CCC(C)CCCCCCCCCCCCC(=O)O[C@H](COC(=O)CCCCCCCCCCC(C)C)COP(=O)(O)OC[C@H](O)COP(=O)(O)OC[C@@H](COC(=O)CCCCCCCCCCCCCCCCCCC(C)C)OC(=O)CCCCCCCCCCCCCCCCCCCCC(C)C. The fraction of sp³-hybridized carbons (Fsp3) is 0.953. The number of carbonyl (C=O) groups is 4. The monoisotopic (exact) mass is 1540 g/mol. The highest BCUT2D eigenvalue weighted by atomic mass is 31.2. The molecule has 19 heteroatoms. The highest BCUT2D eigenvalue weighted by Crippen LogP contribution is 2.45. The van der Waals surface area contributed by atoms with Crippen LogP contribution in [0.5, 0.6) is 0 Å². The molecule has 0 aromatic heterocycles. The van der Waals surface area contributed by atoms with Crippen LogP contribution in [0, 0.1) is 23.7 Å². The molecule has 0 aliphatic carbocycles. The van der Waals surface area contributed by atoms with Gasteiger partial charge >= 0.3 is 39.5 Å². The maximum atomic E-state index is 13.2. The predicted octanol–water partition coefficient (Wildman–Crippen LogP) is 25.9. The minimum Gasteiger partial charge on any atom is -0.462 e. The van der Waals surface area contributed by atoms with Gasteiger partial charge in [-0.05, 0) is 49.4 Å². The molecule has 0 saturated heterocycles. The first-order valence-corrected chi connectivity index (χ1v) is 47.2. The normalized spacial score (nSPS) is 14.2. The molecule has 0 spiro atoms. The number of carbonyl (C=O) groups excluding carboxylic acids is 4. The van der Waals surface area contributed by atoms with E-state index in [1.54, 1.807) is 0 Å². The van der Waals surface area contributed by atoms with Crippen molar-refractivity contribution in [3.63, 3.8) is 0 Å². The van der Waals surface area contributed by atoms with Crippen LogP contribution in [0.25, 0.3) is 0 Å². The van der Waals surface area contributed by atoms with Crippen molar-refractivity contribution >= 4 is 39.5 Å². The quantitative estimate of drug-likeness (QED) is 0.0222. The third-order valence-corrected chi connectivity index (χ3v) is 22.3. The molecule has 0 fully saturated rings. The maximum absolute atomic E-state index is 13.2. The predicted molar refractivity (Wildman–Crippen MR) is 432 cm³/mol. The molecule has 0 aliphatic heterocycles. The largest absolute Gasteiger partial charge is 0.472 e. The fourth-order valence-electron chi connectivity index (χ4n) is 13.3. The molecule has 0 saturated carbocycles. The van der Waals surface area contributed by atoms with Crippen LogP contribution in [0.2, 0.25) is 0 Å². The number of esters is 4. The summed E-state index contributed by atoms with van der Waals surface area (Å²) in [5.74, 6) is 1.05. The summed E-state index contributed by atoms with van der Waals surface area (Å²) in [7, 11) is -9.93. The molecule has 0 radical (unpaired) electrons. The molecule has 3 unspecified atom stereocenters. The number of aliphatic hydroxyl groups excluding tert-OH is 1. The molecule has 6 atom stereocenters. The average Bonchev–Trinajstić information content (AvgIpc) is 0.910. The zero-order valence-corrected chi connectivity index (χ0v) is 71.2. The Morgan fingerprint density at radius 3 is 0.676 bits per heavy atom. The zero-order valence-electron chi connectivity index (χ0n) is 69.4. The molecule has 0 aliphatic rings. The Labute approximate surface area is 645 Å². The number of unbranched alkanes of at least 4 members (excludes halogenated alkanes) is 48. The maximum Gasteiger partial charge on any atom is 0.472 e. The van der Waals surface area contributed by atoms with Gasteiger partial charge in [-0.3, -0.25) is 37.3 Å². The third-order valence-electron chi connectivity index (χ3n) is 20.4. The van der Waals surface area contributed by atoms with Crippen LogP contribution in [0.3, 0.4) is 0 Å². The summed E-state index contributed by atoms with van der Waals surface area (Å²) < 4.78 is 68.9. The van der Waals surface area contributed by atoms with E-state index in [0.717, 1.165) is 114 Å². The zero-order chi connectivity index (χ0) is 77.4. The first-order chi connectivity index (χ1) is 50.6. The van der Waals surface area contributed by atoms with Crippen molar-refractivity contribution < 1.29 is 80.2 Å². The summed E-state index contributed by atoms with van der Waals surface area (Å²) in [6.07, 6.45) is 63.9. The molecular formula is C86H168O17P2. The van der Waals surface area contributed by atoms with Crippen LogP contribution in [0.15, 0.2) is 0 Å². The molecule has 0 bridgehead atoms. The highest BCUT2D eigenvalue weighted by Gasteiger charge is 2.31. The van der Waals surface area contributed by atoms with Crippen molar-refractivity contribution in [2.75, 3.05) is 39.6 Å². The Hall–Kier alpha value is -1.94. The summed E-state index contributed by atoms with van der Waals surface area (Å²) >= 11 is 0. The van der Waals surface area contributed by atoms with Gasteiger partial charge in [-0.1, -0.05) is 396 Å². The summed E-state index contributed by atoms with van der Waals surface area (Å²) in [4.78, 5) is 73.2. The molecule has 0 aromatic rings. The van der Waals surface area contributed by atoms with E-state index >= 15 is 0 Å².